The topological polar surface area (TPSA) is 53.1 Å². The van der Waals surface area contributed by atoms with Gasteiger partial charge < -0.3 is 15.0 Å². The molecule has 0 radical (unpaired) electrons. The summed E-state index contributed by atoms with van der Waals surface area (Å²) < 4.78 is 31.8. The van der Waals surface area contributed by atoms with E-state index in [-0.39, 0.29) is 5.69 Å². The van der Waals surface area contributed by atoms with Crippen molar-refractivity contribution in [2.24, 2.45) is 5.73 Å². The maximum atomic E-state index is 12.4. The molecule has 18 heavy (non-hydrogen) atoms. The molecule has 104 valence electrons. The summed E-state index contributed by atoms with van der Waals surface area (Å²) in [5.74, 6) is 0. The largest absolute Gasteiger partial charge is 0.361 e. The van der Waals surface area contributed by atoms with E-state index >= 15 is 0 Å². The van der Waals surface area contributed by atoms with E-state index in [1.807, 2.05) is 0 Å². The van der Waals surface area contributed by atoms with Crippen LogP contribution in [0.25, 0.3) is 0 Å². The van der Waals surface area contributed by atoms with Crippen molar-refractivity contribution in [2.45, 2.75) is 44.9 Å². The number of ether oxygens (including phenoxy) is 1. The van der Waals surface area contributed by atoms with E-state index in [0.29, 0.717) is 13.3 Å². The number of alkyl halides is 2. The molecule has 1 heterocycles. The van der Waals surface area contributed by atoms with E-state index < -0.39 is 20.5 Å². The molecule has 1 aromatic rings. The Morgan fingerprint density at radius 3 is 2.67 bits per heavy atom. The van der Waals surface area contributed by atoms with Gasteiger partial charge in [0.2, 0.25) is 0 Å². The summed E-state index contributed by atoms with van der Waals surface area (Å²) in [4.78, 5) is 3.85. The summed E-state index contributed by atoms with van der Waals surface area (Å²) in [5.41, 5.74) is 5.50. The van der Waals surface area contributed by atoms with Crippen LogP contribution in [0, 0.1) is 0 Å². The second kappa shape index (κ2) is 6.40. The first-order valence-electron chi connectivity index (χ1n) is 5.93. The highest BCUT2D eigenvalue weighted by Gasteiger charge is 2.19. The van der Waals surface area contributed by atoms with Crippen molar-refractivity contribution in [3.8, 4) is 0 Å². The van der Waals surface area contributed by atoms with Crippen molar-refractivity contribution < 1.29 is 13.5 Å². The minimum Gasteiger partial charge on any atom is -0.361 e. The van der Waals surface area contributed by atoms with E-state index in [1.54, 1.807) is 4.57 Å². The quantitative estimate of drug-likeness (QED) is 0.615. The molecule has 2 N–H and O–H groups in total. The molecule has 1 unspecified atom stereocenters. The van der Waals surface area contributed by atoms with Gasteiger partial charge in [-0.1, -0.05) is 19.6 Å². The third-order valence-electron chi connectivity index (χ3n) is 2.50. The SMILES string of the molecule is C[Si](C)(C)CCOCn1cnc(C(N)C(F)F)c1. The van der Waals surface area contributed by atoms with Gasteiger partial charge >= 0.3 is 0 Å². The highest BCUT2D eigenvalue weighted by atomic mass is 28.3. The van der Waals surface area contributed by atoms with E-state index in [0.717, 1.165) is 6.04 Å². The van der Waals surface area contributed by atoms with Crippen molar-refractivity contribution >= 4 is 8.07 Å². The van der Waals surface area contributed by atoms with Crippen molar-refractivity contribution in [1.82, 2.24) is 9.55 Å². The average molecular weight is 277 g/mol. The second-order valence-electron chi connectivity index (χ2n) is 5.52. The fourth-order valence-electron chi connectivity index (χ4n) is 1.30. The number of hydrogen-bond donors (Lipinski definition) is 1. The summed E-state index contributed by atoms with van der Waals surface area (Å²) in [6.07, 6.45) is 0.374. The minimum atomic E-state index is -2.60. The third-order valence-corrected chi connectivity index (χ3v) is 4.21. The maximum absolute atomic E-state index is 12.4. The normalized spacial score (nSPS) is 14.2. The number of nitrogens with zero attached hydrogens (tertiary/aromatic N) is 2. The summed E-state index contributed by atoms with van der Waals surface area (Å²) in [5, 5.41) is 0. The zero-order valence-electron chi connectivity index (χ0n) is 11.1. The lowest BCUT2D eigenvalue weighted by Gasteiger charge is -2.15. The molecule has 0 spiro atoms. The van der Waals surface area contributed by atoms with Crippen LogP contribution in [0.1, 0.15) is 11.7 Å². The molecule has 0 aliphatic heterocycles. The zero-order chi connectivity index (χ0) is 13.8. The monoisotopic (exact) mass is 277 g/mol. The smallest absolute Gasteiger partial charge is 0.259 e. The molecule has 4 nitrogen and oxygen atoms in total. The molecule has 7 heteroatoms. The highest BCUT2D eigenvalue weighted by molar-refractivity contribution is 6.76. The Bertz CT molecular complexity index is 365. The van der Waals surface area contributed by atoms with Crippen molar-refractivity contribution in [2.75, 3.05) is 6.61 Å². The van der Waals surface area contributed by atoms with Gasteiger partial charge in [0, 0.05) is 20.9 Å². The van der Waals surface area contributed by atoms with Gasteiger partial charge in [-0.15, -0.1) is 0 Å². The molecular formula is C11H21F2N3OSi. The standard InChI is InChI=1S/C11H21F2N3OSi/c1-18(2,3)5-4-17-8-16-6-9(15-7-16)10(14)11(12)13/h6-7,10-11H,4-5,8,14H2,1-3H3. The lowest BCUT2D eigenvalue weighted by atomic mass is 10.2. The number of nitrogens with two attached hydrogens (primary N) is 1. The van der Waals surface area contributed by atoms with Crippen LogP contribution in [0.15, 0.2) is 12.5 Å². The lowest BCUT2D eigenvalue weighted by molar-refractivity contribution is 0.0866. The van der Waals surface area contributed by atoms with E-state index in [4.69, 9.17) is 10.5 Å². The Morgan fingerprint density at radius 1 is 1.44 bits per heavy atom. The first-order valence-corrected chi connectivity index (χ1v) is 9.63. The Hall–Kier alpha value is -0.793. The number of hydrogen-bond acceptors (Lipinski definition) is 3. The van der Waals surface area contributed by atoms with E-state index in [2.05, 4.69) is 24.6 Å². The first-order chi connectivity index (χ1) is 8.29. The van der Waals surface area contributed by atoms with Gasteiger partial charge in [0.15, 0.2) is 0 Å². The number of rotatable bonds is 7. The van der Waals surface area contributed by atoms with Gasteiger partial charge in [-0.25, -0.2) is 13.8 Å². The number of aromatic nitrogens is 2. The van der Waals surface area contributed by atoms with Crippen molar-refractivity contribution in [1.29, 1.82) is 0 Å². The Balaban J connectivity index is 2.36. The Morgan fingerprint density at radius 2 is 2.11 bits per heavy atom. The summed E-state index contributed by atoms with van der Waals surface area (Å²) >= 11 is 0. The predicted molar refractivity (Wildman–Crippen MR) is 69.3 cm³/mol. The molecule has 0 aliphatic carbocycles. The fraction of sp³-hybridized carbons (Fsp3) is 0.727. The van der Waals surface area contributed by atoms with Crippen LogP contribution < -0.4 is 5.73 Å². The Kier molecular flexibility index (Phi) is 5.42. The van der Waals surface area contributed by atoms with Gasteiger partial charge in [0.05, 0.1) is 12.0 Å². The molecular weight excluding hydrogens is 256 g/mol. The lowest BCUT2D eigenvalue weighted by Crippen LogP contribution is -2.22. The molecule has 1 atom stereocenters. The molecule has 1 rings (SSSR count). The van der Waals surface area contributed by atoms with Gasteiger partial charge in [-0.05, 0) is 6.04 Å². The van der Waals surface area contributed by atoms with E-state index in [1.165, 1.54) is 12.5 Å². The van der Waals surface area contributed by atoms with Crippen LogP contribution in [0.3, 0.4) is 0 Å². The molecule has 0 saturated heterocycles. The van der Waals surface area contributed by atoms with Crippen LogP contribution in [-0.2, 0) is 11.5 Å². The zero-order valence-corrected chi connectivity index (χ0v) is 12.1. The van der Waals surface area contributed by atoms with Gasteiger partial charge in [-0.3, -0.25) is 0 Å². The molecule has 0 bridgehead atoms. The summed E-state index contributed by atoms with van der Waals surface area (Å²) in [6.45, 7) is 7.82. The van der Waals surface area contributed by atoms with Gasteiger partial charge in [-0.2, -0.15) is 0 Å². The molecule has 1 aromatic heterocycles. The highest BCUT2D eigenvalue weighted by Crippen LogP contribution is 2.15. The van der Waals surface area contributed by atoms with Gasteiger partial charge in [0.25, 0.3) is 6.43 Å². The summed E-state index contributed by atoms with van der Waals surface area (Å²) in [7, 11) is -1.09. The molecule has 0 fully saturated rings. The van der Waals surface area contributed by atoms with Crippen molar-refractivity contribution in [3.63, 3.8) is 0 Å². The molecule has 0 amide bonds. The van der Waals surface area contributed by atoms with Crippen LogP contribution in [0.5, 0.6) is 0 Å². The second-order valence-corrected chi connectivity index (χ2v) is 11.1. The molecule has 0 aromatic carbocycles. The number of halogens is 2. The summed E-state index contributed by atoms with van der Waals surface area (Å²) in [6, 6.07) is -0.251. The predicted octanol–water partition coefficient (Wildman–Crippen LogP) is 2.46. The van der Waals surface area contributed by atoms with Crippen LogP contribution in [0.2, 0.25) is 25.7 Å². The van der Waals surface area contributed by atoms with E-state index in [9.17, 15) is 8.78 Å². The first kappa shape index (κ1) is 15.3. The Labute approximate surface area is 107 Å². The van der Waals surface area contributed by atoms with Crippen LogP contribution in [0.4, 0.5) is 8.78 Å². The average Bonchev–Trinajstić information content (AvgIpc) is 2.70. The minimum absolute atomic E-state index is 0.193. The number of imidazole rings is 1. The maximum Gasteiger partial charge on any atom is 0.259 e. The molecule has 0 saturated carbocycles. The third kappa shape index (κ3) is 5.24. The van der Waals surface area contributed by atoms with Crippen LogP contribution in [-0.4, -0.2) is 30.7 Å². The fourth-order valence-corrected chi connectivity index (χ4v) is 2.05. The molecule has 0 aliphatic rings. The van der Waals surface area contributed by atoms with Crippen molar-refractivity contribution in [3.05, 3.63) is 18.2 Å². The van der Waals surface area contributed by atoms with Crippen LogP contribution >= 0.6 is 0 Å². The van der Waals surface area contributed by atoms with Gasteiger partial charge in [0.1, 0.15) is 12.8 Å².